The van der Waals surface area contributed by atoms with Crippen molar-refractivity contribution in [2.45, 2.75) is 30.2 Å². The lowest BCUT2D eigenvalue weighted by atomic mass is 9.93. The predicted molar refractivity (Wildman–Crippen MR) is 127 cm³/mol. The molecule has 9 heteroatoms. The maximum absolute atomic E-state index is 12.8. The third kappa shape index (κ3) is 3.65. The number of amides is 1. The van der Waals surface area contributed by atoms with Crippen LogP contribution in [0.5, 0.6) is 0 Å². The Hall–Kier alpha value is -2.91. The van der Waals surface area contributed by atoms with E-state index >= 15 is 0 Å². The molecule has 3 aliphatic heterocycles. The highest BCUT2D eigenvalue weighted by Crippen LogP contribution is 2.48. The third-order valence-corrected chi connectivity index (χ3v) is 7.61. The van der Waals surface area contributed by atoms with Crippen LogP contribution in [0.4, 0.5) is 17.1 Å². The van der Waals surface area contributed by atoms with Crippen LogP contribution in [0.1, 0.15) is 19.8 Å². The Labute approximate surface area is 191 Å². The van der Waals surface area contributed by atoms with Crippen LogP contribution in [-0.4, -0.2) is 59.2 Å². The van der Waals surface area contributed by atoms with E-state index < -0.39 is 5.54 Å². The van der Waals surface area contributed by atoms with E-state index in [1.807, 2.05) is 31.2 Å². The second-order valence-corrected chi connectivity index (χ2v) is 9.59. The fourth-order valence-electron chi connectivity index (χ4n) is 4.71. The van der Waals surface area contributed by atoms with Crippen molar-refractivity contribution in [1.82, 2.24) is 4.90 Å². The quantitative estimate of drug-likeness (QED) is 0.488. The van der Waals surface area contributed by atoms with Crippen molar-refractivity contribution < 1.29 is 9.72 Å². The number of benzene rings is 2. The van der Waals surface area contributed by atoms with Gasteiger partial charge in [-0.1, -0.05) is 12.1 Å². The van der Waals surface area contributed by atoms with E-state index in [1.165, 1.54) is 0 Å². The number of hydrogen-bond donors (Lipinski definition) is 0. The maximum atomic E-state index is 12.8. The zero-order valence-corrected chi connectivity index (χ0v) is 18.8. The number of anilines is 2. The summed E-state index contributed by atoms with van der Waals surface area (Å²) in [6, 6.07) is 14.9. The van der Waals surface area contributed by atoms with E-state index in [-0.39, 0.29) is 16.5 Å². The number of nitro groups is 1. The molecule has 0 aliphatic carbocycles. The van der Waals surface area contributed by atoms with Gasteiger partial charge in [0.2, 0.25) is 0 Å². The van der Waals surface area contributed by atoms with Crippen LogP contribution in [0.25, 0.3) is 0 Å². The Morgan fingerprint density at radius 3 is 2.53 bits per heavy atom. The zero-order chi connectivity index (χ0) is 22.3. The van der Waals surface area contributed by atoms with Crippen molar-refractivity contribution >= 4 is 39.9 Å². The van der Waals surface area contributed by atoms with Gasteiger partial charge in [0.15, 0.2) is 5.17 Å². The second kappa shape index (κ2) is 8.22. The molecule has 0 N–H and O–H groups in total. The fraction of sp³-hybridized carbons (Fsp3) is 0.391. The SMILES string of the molecule is CC1(CCCN2CCN(c3ccc([N+](=O)[O-])cc3)CC2)C(=O)N=C2Sc3ccccc3N21. The molecule has 1 unspecified atom stereocenters. The van der Waals surface area contributed by atoms with Crippen LogP contribution in [0, 0.1) is 10.1 Å². The first-order valence-electron chi connectivity index (χ1n) is 10.9. The van der Waals surface area contributed by atoms with Gasteiger partial charge in [0.1, 0.15) is 5.54 Å². The maximum Gasteiger partial charge on any atom is 0.274 e. The summed E-state index contributed by atoms with van der Waals surface area (Å²) in [4.78, 5) is 35.6. The number of non-ortho nitro benzene ring substituents is 1. The zero-order valence-electron chi connectivity index (χ0n) is 17.9. The van der Waals surface area contributed by atoms with Gasteiger partial charge >= 0.3 is 0 Å². The topological polar surface area (TPSA) is 82.3 Å². The lowest BCUT2D eigenvalue weighted by molar-refractivity contribution is -0.384. The number of piperazine rings is 1. The highest BCUT2D eigenvalue weighted by Gasteiger charge is 2.50. The van der Waals surface area contributed by atoms with E-state index in [0.717, 1.165) is 67.0 Å². The average Bonchev–Trinajstić information content (AvgIpc) is 3.28. The number of nitro benzene ring substituents is 1. The molecule has 8 nitrogen and oxygen atoms in total. The lowest BCUT2D eigenvalue weighted by Crippen LogP contribution is -2.49. The Bertz CT molecular complexity index is 1080. The van der Waals surface area contributed by atoms with Crippen LogP contribution in [0.2, 0.25) is 0 Å². The average molecular weight is 452 g/mol. The van der Waals surface area contributed by atoms with Crippen molar-refractivity contribution in [2.75, 3.05) is 42.5 Å². The van der Waals surface area contributed by atoms with Crippen LogP contribution in [0.3, 0.4) is 0 Å². The molecule has 1 saturated heterocycles. The number of thioether (sulfide) groups is 1. The number of nitrogens with zero attached hydrogens (tertiary/aromatic N) is 5. The van der Waals surface area contributed by atoms with E-state index in [2.05, 4.69) is 31.8 Å². The summed E-state index contributed by atoms with van der Waals surface area (Å²) in [6.45, 7) is 6.60. The number of para-hydroxylation sites is 1. The molecule has 32 heavy (non-hydrogen) atoms. The molecule has 2 aromatic carbocycles. The van der Waals surface area contributed by atoms with E-state index in [4.69, 9.17) is 0 Å². The molecule has 0 spiro atoms. The number of rotatable bonds is 6. The van der Waals surface area contributed by atoms with Gasteiger partial charge in [-0.15, -0.1) is 0 Å². The van der Waals surface area contributed by atoms with Gasteiger partial charge in [-0.3, -0.25) is 19.8 Å². The number of carbonyl (C=O) groups is 1. The highest BCUT2D eigenvalue weighted by molar-refractivity contribution is 8.14. The molecule has 1 atom stereocenters. The van der Waals surface area contributed by atoms with Gasteiger partial charge in [0.25, 0.3) is 11.6 Å². The predicted octanol–water partition coefficient (Wildman–Crippen LogP) is 3.76. The van der Waals surface area contributed by atoms with Gasteiger partial charge < -0.3 is 9.80 Å². The molecule has 0 aromatic heterocycles. The number of fused-ring (bicyclic) bond motifs is 3. The van der Waals surface area contributed by atoms with Crippen LogP contribution in [0.15, 0.2) is 58.4 Å². The Kier molecular flexibility index (Phi) is 5.38. The van der Waals surface area contributed by atoms with E-state index in [0.29, 0.717) is 0 Å². The molecule has 2 aromatic rings. The van der Waals surface area contributed by atoms with Crippen molar-refractivity contribution in [2.24, 2.45) is 4.99 Å². The lowest BCUT2D eigenvalue weighted by Gasteiger charge is -2.37. The molecule has 0 saturated carbocycles. The Balaban J connectivity index is 1.15. The van der Waals surface area contributed by atoms with Gasteiger partial charge in [0.05, 0.1) is 10.6 Å². The molecule has 0 bridgehead atoms. The van der Waals surface area contributed by atoms with Crippen molar-refractivity contribution in [3.63, 3.8) is 0 Å². The minimum atomic E-state index is -0.616. The number of hydrogen-bond acceptors (Lipinski definition) is 7. The smallest absolute Gasteiger partial charge is 0.274 e. The van der Waals surface area contributed by atoms with Gasteiger partial charge in [-0.25, -0.2) is 0 Å². The summed E-state index contributed by atoms with van der Waals surface area (Å²) in [5.41, 5.74) is 1.61. The highest BCUT2D eigenvalue weighted by atomic mass is 32.2. The summed E-state index contributed by atoms with van der Waals surface area (Å²) in [5.74, 6) is -0.0440. The standard InChI is InChI=1S/C23H25N5O3S/c1-23(21(29)24-22-27(23)19-5-2-3-6-20(19)32-22)11-4-12-25-13-15-26(16-14-25)17-7-9-18(10-8-17)28(30)31/h2-3,5-10H,4,11-16H2,1H3. The van der Waals surface area contributed by atoms with Crippen LogP contribution in [-0.2, 0) is 4.79 Å². The summed E-state index contributed by atoms with van der Waals surface area (Å²) in [5, 5.41) is 11.6. The normalized spacial score (nSPS) is 22.7. The molecule has 1 fully saturated rings. The van der Waals surface area contributed by atoms with Gasteiger partial charge in [-0.2, -0.15) is 4.99 Å². The van der Waals surface area contributed by atoms with Gasteiger partial charge in [-0.05, 0) is 62.3 Å². The largest absolute Gasteiger partial charge is 0.369 e. The van der Waals surface area contributed by atoms with E-state index in [9.17, 15) is 14.9 Å². The third-order valence-electron chi connectivity index (χ3n) is 6.59. The first-order chi connectivity index (χ1) is 15.5. The minimum absolute atomic E-state index is 0.0440. The minimum Gasteiger partial charge on any atom is -0.369 e. The first-order valence-corrected chi connectivity index (χ1v) is 11.7. The molecule has 0 radical (unpaired) electrons. The second-order valence-electron chi connectivity index (χ2n) is 8.58. The summed E-state index contributed by atoms with van der Waals surface area (Å²) in [7, 11) is 0. The Morgan fingerprint density at radius 1 is 1.09 bits per heavy atom. The van der Waals surface area contributed by atoms with Crippen LogP contribution < -0.4 is 9.80 Å². The summed E-state index contributed by atoms with van der Waals surface area (Å²) >= 11 is 1.58. The van der Waals surface area contributed by atoms with E-state index in [1.54, 1.807) is 23.9 Å². The number of carbonyl (C=O) groups excluding carboxylic acids is 1. The van der Waals surface area contributed by atoms with Crippen LogP contribution >= 0.6 is 11.8 Å². The number of aliphatic imine (C=N–C) groups is 1. The van der Waals surface area contributed by atoms with Crippen molar-refractivity contribution in [1.29, 1.82) is 0 Å². The molecular weight excluding hydrogens is 426 g/mol. The molecule has 3 heterocycles. The molecular formula is C23H25N5O3S. The number of amidine groups is 1. The van der Waals surface area contributed by atoms with Gasteiger partial charge in [0, 0.05) is 48.9 Å². The molecule has 166 valence electrons. The monoisotopic (exact) mass is 451 g/mol. The summed E-state index contributed by atoms with van der Waals surface area (Å²) < 4.78 is 0. The molecule has 3 aliphatic rings. The molecule has 1 amide bonds. The first kappa shape index (κ1) is 21.0. The van der Waals surface area contributed by atoms with Crippen molar-refractivity contribution in [3.8, 4) is 0 Å². The fourth-order valence-corrected chi connectivity index (χ4v) is 5.84. The van der Waals surface area contributed by atoms with Crippen molar-refractivity contribution in [3.05, 3.63) is 58.6 Å². The summed E-state index contributed by atoms with van der Waals surface area (Å²) in [6.07, 6.45) is 1.68. The molecule has 5 rings (SSSR count). The Morgan fingerprint density at radius 2 is 1.81 bits per heavy atom.